The molecule has 1 saturated carbocycles. The molecule has 1 heterocycles. The normalized spacial score (nSPS) is 24.5. The number of hydrogen-bond acceptors (Lipinski definition) is 3. The average molecular weight is 269 g/mol. The molecule has 2 fully saturated rings. The molecule has 0 amide bonds. The van der Waals surface area contributed by atoms with Crippen molar-refractivity contribution in [2.75, 3.05) is 39.5 Å². The SMILES string of the molecule is NC(=NCC1(CCO)CCCCC1)N1CCOCC1. The highest BCUT2D eigenvalue weighted by Crippen LogP contribution is 2.39. The fraction of sp³-hybridized carbons (Fsp3) is 0.929. The predicted molar refractivity (Wildman–Crippen MR) is 76.1 cm³/mol. The Morgan fingerprint density at radius 1 is 1.21 bits per heavy atom. The average Bonchev–Trinajstić information content (AvgIpc) is 2.47. The zero-order chi connectivity index (χ0) is 13.6. The molecule has 110 valence electrons. The van der Waals surface area contributed by atoms with Crippen LogP contribution in [0.5, 0.6) is 0 Å². The van der Waals surface area contributed by atoms with Gasteiger partial charge in [-0.15, -0.1) is 0 Å². The van der Waals surface area contributed by atoms with Gasteiger partial charge in [-0.05, 0) is 24.7 Å². The number of hydrogen-bond donors (Lipinski definition) is 2. The van der Waals surface area contributed by atoms with E-state index in [1.807, 2.05) is 0 Å². The molecule has 0 spiro atoms. The van der Waals surface area contributed by atoms with Crippen molar-refractivity contribution in [1.29, 1.82) is 0 Å². The second-order valence-electron chi connectivity index (χ2n) is 5.81. The van der Waals surface area contributed by atoms with Gasteiger partial charge < -0.3 is 20.5 Å². The molecule has 0 unspecified atom stereocenters. The largest absolute Gasteiger partial charge is 0.396 e. The summed E-state index contributed by atoms with van der Waals surface area (Å²) < 4.78 is 5.32. The van der Waals surface area contributed by atoms with E-state index in [2.05, 4.69) is 9.89 Å². The van der Waals surface area contributed by atoms with Gasteiger partial charge in [0, 0.05) is 26.2 Å². The lowest BCUT2D eigenvalue weighted by molar-refractivity contribution is 0.0670. The molecule has 0 aromatic heterocycles. The van der Waals surface area contributed by atoms with Crippen molar-refractivity contribution in [2.24, 2.45) is 16.1 Å². The Kier molecular flexibility index (Phi) is 5.45. The van der Waals surface area contributed by atoms with Crippen molar-refractivity contribution >= 4 is 5.96 Å². The van der Waals surface area contributed by atoms with Crippen LogP contribution in [0.25, 0.3) is 0 Å². The number of aliphatic hydroxyl groups excluding tert-OH is 1. The van der Waals surface area contributed by atoms with E-state index in [0.29, 0.717) is 5.96 Å². The number of rotatable bonds is 4. The standard InChI is InChI=1S/C14H27N3O2/c15-13(17-7-10-19-11-8-17)16-12-14(6-9-18)4-2-1-3-5-14/h18H,1-12H2,(H2,15,16). The summed E-state index contributed by atoms with van der Waals surface area (Å²) in [4.78, 5) is 6.71. The Hall–Kier alpha value is -0.810. The highest BCUT2D eigenvalue weighted by Gasteiger charge is 2.31. The predicted octanol–water partition coefficient (Wildman–Crippen LogP) is 0.966. The van der Waals surface area contributed by atoms with Gasteiger partial charge in [0.25, 0.3) is 0 Å². The van der Waals surface area contributed by atoms with Gasteiger partial charge in [0.15, 0.2) is 5.96 Å². The summed E-state index contributed by atoms with van der Waals surface area (Å²) in [5.41, 5.74) is 6.26. The highest BCUT2D eigenvalue weighted by atomic mass is 16.5. The van der Waals surface area contributed by atoms with Gasteiger partial charge in [0.05, 0.1) is 13.2 Å². The zero-order valence-electron chi connectivity index (χ0n) is 11.8. The number of aliphatic imine (C=N–C) groups is 1. The van der Waals surface area contributed by atoms with Crippen LogP contribution in [0.4, 0.5) is 0 Å². The molecule has 1 saturated heterocycles. The van der Waals surface area contributed by atoms with Gasteiger partial charge in [-0.1, -0.05) is 19.3 Å². The van der Waals surface area contributed by atoms with Crippen LogP contribution >= 0.6 is 0 Å². The Balaban J connectivity index is 1.92. The molecular weight excluding hydrogens is 242 g/mol. The lowest BCUT2D eigenvalue weighted by Gasteiger charge is -2.36. The summed E-state index contributed by atoms with van der Waals surface area (Å²) in [7, 11) is 0. The summed E-state index contributed by atoms with van der Waals surface area (Å²) in [6, 6.07) is 0. The van der Waals surface area contributed by atoms with E-state index < -0.39 is 0 Å². The van der Waals surface area contributed by atoms with Crippen molar-refractivity contribution in [3.63, 3.8) is 0 Å². The van der Waals surface area contributed by atoms with Crippen LogP contribution in [0.1, 0.15) is 38.5 Å². The maximum atomic E-state index is 9.29. The first kappa shape index (κ1) is 14.6. The molecule has 5 heteroatoms. The van der Waals surface area contributed by atoms with Crippen LogP contribution in [0.15, 0.2) is 4.99 Å². The molecule has 1 aliphatic carbocycles. The summed E-state index contributed by atoms with van der Waals surface area (Å²) in [5, 5.41) is 9.29. The topological polar surface area (TPSA) is 71.1 Å². The summed E-state index contributed by atoms with van der Waals surface area (Å²) in [5.74, 6) is 0.645. The molecule has 0 atom stereocenters. The quantitative estimate of drug-likeness (QED) is 0.589. The number of morpholine rings is 1. The fourth-order valence-corrected chi connectivity index (χ4v) is 3.17. The number of nitrogens with two attached hydrogens (primary N) is 1. The van der Waals surface area contributed by atoms with Crippen LogP contribution < -0.4 is 5.73 Å². The summed E-state index contributed by atoms with van der Waals surface area (Å²) in [6.45, 7) is 4.16. The van der Waals surface area contributed by atoms with Crippen LogP contribution in [0.3, 0.4) is 0 Å². The Morgan fingerprint density at radius 3 is 2.53 bits per heavy atom. The van der Waals surface area contributed by atoms with Gasteiger partial charge in [-0.25, -0.2) is 0 Å². The minimum atomic E-state index is 0.184. The van der Waals surface area contributed by atoms with Crippen LogP contribution in [-0.2, 0) is 4.74 Å². The molecule has 0 aromatic carbocycles. The van der Waals surface area contributed by atoms with E-state index in [9.17, 15) is 5.11 Å². The second-order valence-corrected chi connectivity index (χ2v) is 5.81. The Labute approximate surface area is 115 Å². The second kappa shape index (κ2) is 7.10. The molecule has 0 aromatic rings. The van der Waals surface area contributed by atoms with Crippen LogP contribution in [0, 0.1) is 5.41 Å². The first-order valence-electron chi connectivity index (χ1n) is 7.49. The molecule has 19 heavy (non-hydrogen) atoms. The van der Waals surface area contributed by atoms with E-state index in [1.165, 1.54) is 32.1 Å². The van der Waals surface area contributed by atoms with Gasteiger partial charge in [0.2, 0.25) is 0 Å². The van der Waals surface area contributed by atoms with Crippen LogP contribution in [0.2, 0.25) is 0 Å². The Bertz CT molecular complexity index is 290. The maximum absolute atomic E-state index is 9.29. The van der Waals surface area contributed by atoms with E-state index in [0.717, 1.165) is 39.3 Å². The minimum Gasteiger partial charge on any atom is -0.396 e. The maximum Gasteiger partial charge on any atom is 0.191 e. The Morgan fingerprint density at radius 2 is 1.89 bits per heavy atom. The summed E-state index contributed by atoms with van der Waals surface area (Å²) >= 11 is 0. The van der Waals surface area contributed by atoms with Crippen molar-refractivity contribution in [2.45, 2.75) is 38.5 Å². The van der Waals surface area contributed by atoms with Crippen molar-refractivity contribution in [3.8, 4) is 0 Å². The number of aliphatic hydroxyl groups is 1. The third-order valence-electron chi connectivity index (χ3n) is 4.47. The molecule has 5 nitrogen and oxygen atoms in total. The zero-order valence-corrected chi connectivity index (χ0v) is 11.8. The van der Waals surface area contributed by atoms with E-state index in [4.69, 9.17) is 10.5 Å². The molecule has 2 aliphatic rings. The lowest BCUT2D eigenvalue weighted by Crippen LogP contribution is -2.45. The number of ether oxygens (including phenoxy) is 1. The number of nitrogens with zero attached hydrogens (tertiary/aromatic N) is 2. The molecule has 1 aliphatic heterocycles. The third kappa shape index (κ3) is 4.08. The van der Waals surface area contributed by atoms with E-state index in [-0.39, 0.29) is 12.0 Å². The highest BCUT2D eigenvalue weighted by molar-refractivity contribution is 5.78. The van der Waals surface area contributed by atoms with Gasteiger partial charge in [-0.2, -0.15) is 0 Å². The van der Waals surface area contributed by atoms with E-state index in [1.54, 1.807) is 0 Å². The first-order valence-corrected chi connectivity index (χ1v) is 7.49. The fourth-order valence-electron chi connectivity index (χ4n) is 3.17. The lowest BCUT2D eigenvalue weighted by atomic mass is 9.72. The molecule has 3 N–H and O–H groups in total. The van der Waals surface area contributed by atoms with Gasteiger partial charge in [-0.3, -0.25) is 4.99 Å². The molecular formula is C14H27N3O2. The summed E-state index contributed by atoms with van der Waals surface area (Å²) in [6.07, 6.45) is 7.03. The molecule has 0 bridgehead atoms. The van der Waals surface area contributed by atoms with Crippen molar-refractivity contribution < 1.29 is 9.84 Å². The smallest absolute Gasteiger partial charge is 0.191 e. The minimum absolute atomic E-state index is 0.184. The number of guanidine groups is 1. The third-order valence-corrected chi connectivity index (χ3v) is 4.47. The van der Waals surface area contributed by atoms with E-state index >= 15 is 0 Å². The molecule has 2 rings (SSSR count). The van der Waals surface area contributed by atoms with Crippen LogP contribution in [-0.4, -0.2) is 55.4 Å². The van der Waals surface area contributed by atoms with Gasteiger partial charge in [0.1, 0.15) is 0 Å². The van der Waals surface area contributed by atoms with Crippen molar-refractivity contribution in [3.05, 3.63) is 0 Å². The van der Waals surface area contributed by atoms with Crippen molar-refractivity contribution in [1.82, 2.24) is 4.90 Å². The van der Waals surface area contributed by atoms with Gasteiger partial charge >= 0.3 is 0 Å². The monoisotopic (exact) mass is 269 g/mol. The first-order chi connectivity index (χ1) is 9.26. The molecule has 0 radical (unpaired) electrons.